The van der Waals surface area contributed by atoms with Crippen molar-refractivity contribution in [1.82, 2.24) is 10.3 Å². The van der Waals surface area contributed by atoms with E-state index in [0.29, 0.717) is 0 Å². The molecule has 2 atom stereocenters. The minimum Gasteiger partial charge on any atom is -0.437 e. The van der Waals surface area contributed by atoms with Crippen LogP contribution in [0.1, 0.15) is 34.5 Å². The highest BCUT2D eigenvalue weighted by atomic mass is 16.6. The predicted molar refractivity (Wildman–Crippen MR) is 98.2 cm³/mol. The van der Waals surface area contributed by atoms with E-state index in [2.05, 4.69) is 22.1 Å². The van der Waals surface area contributed by atoms with Crippen molar-refractivity contribution in [2.45, 2.75) is 12.1 Å². The van der Waals surface area contributed by atoms with Gasteiger partial charge in [0.05, 0.1) is 5.69 Å². The van der Waals surface area contributed by atoms with Crippen LogP contribution >= 0.6 is 0 Å². The average Bonchev–Trinajstić information content (AvgIpc) is 3.10. The molecule has 1 N–H and O–H groups in total. The molecule has 1 fully saturated rings. The number of carbonyl (C=O) groups is 1. The van der Waals surface area contributed by atoms with Crippen molar-refractivity contribution in [3.8, 4) is 11.8 Å². The second kappa shape index (κ2) is 7.12. The van der Waals surface area contributed by atoms with Crippen molar-refractivity contribution < 1.29 is 9.53 Å². The first-order valence-electron chi connectivity index (χ1n) is 8.35. The molecule has 126 valence electrons. The Balaban J connectivity index is 1.63. The van der Waals surface area contributed by atoms with Gasteiger partial charge in [-0.2, -0.15) is 0 Å². The highest BCUT2D eigenvalue weighted by Crippen LogP contribution is 2.35. The molecule has 4 heteroatoms. The van der Waals surface area contributed by atoms with E-state index in [9.17, 15) is 4.79 Å². The van der Waals surface area contributed by atoms with E-state index in [4.69, 9.17) is 4.74 Å². The minimum atomic E-state index is -0.457. The van der Waals surface area contributed by atoms with Gasteiger partial charge in [0.1, 0.15) is 6.04 Å². The molecular weight excluding hydrogens is 324 g/mol. The monoisotopic (exact) mass is 340 g/mol. The summed E-state index contributed by atoms with van der Waals surface area (Å²) in [6.45, 7) is 0. The molecule has 2 heterocycles. The maximum absolute atomic E-state index is 11.8. The SMILES string of the molecule is O=C1N[C@@H](c2cccc(C#Cc3ccccc3)c2)[C@H](c2ccccn2)O1. The van der Waals surface area contributed by atoms with E-state index in [1.165, 1.54) is 0 Å². The van der Waals surface area contributed by atoms with Crippen LogP contribution in [0.4, 0.5) is 4.79 Å². The molecule has 0 spiro atoms. The Kier molecular flexibility index (Phi) is 4.36. The molecule has 1 aliphatic heterocycles. The van der Waals surface area contributed by atoms with Crippen LogP contribution in [0, 0.1) is 11.8 Å². The normalized spacial score (nSPS) is 18.4. The number of aromatic nitrogens is 1. The Bertz CT molecular complexity index is 975. The van der Waals surface area contributed by atoms with E-state index < -0.39 is 12.2 Å². The summed E-state index contributed by atoms with van der Waals surface area (Å²) in [7, 11) is 0. The summed E-state index contributed by atoms with van der Waals surface area (Å²) < 4.78 is 5.43. The van der Waals surface area contributed by atoms with Crippen LogP contribution in [-0.4, -0.2) is 11.1 Å². The predicted octanol–water partition coefficient (Wildman–Crippen LogP) is 4.00. The van der Waals surface area contributed by atoms with Crippen LogP contribution in [0.5, 0.6) is 0 Å². The van der Waals surface area contributed by atoms with Crippen LogP contribution in [-0.2, 0) is 4.74 Å². The average molecular weight is 340 g/mol. The Hall–Kier alpha value is -3.58. The number of nitrogens with zero attached hydrogens (tertiary/aromatic N) is 1. The number of rotatable bonds is 2. The molecule has 1 aromatic heterocycles. The van der Waals surface area contributed by atoms with Crippen molar-refractivity contribution >= 4 is 6.09 Å². The molecule has 4 nitrogen and oxygen atoms in total. The fourth-order valence-corrected chi connectivity index (χ4v) is 2.93. The summed E-state index contributed by atoms with van der Waals surface area (Å²) in [5.41, 5.74) is 3.50. The second-order valence-corrected chi connectivity index (χ2v) is 5.94. The summed E-state index contributed by atoms with van der Waals surface area (Å²) in [6, 6.07) is 22.9. The number of benzene rings is 2. The molecule has 26 heavy (non-hydrogen) atoms. The van der Waals surface area contributed by atoms with Gasteiger partial charge in [-0.1, -0.05) is 48.2 Å². The minimum absolute atomic E-state index is 0.295. The summed E-state index contributed by atoms with van der Waals surface area (Å²) >= 11 is 0. The van der Waals surface area contributed by atoms with Gasteiger partial charge in [0, 0.05) is 17.3 Å². The van der Waals surface area contributed by atoms with Gasteiger partial charge < -0.3 is 10.1 Å². The first-order chi connectivity index (χ1) is 12.8. The Morgan fingerprint density at radius 1 is 0.885 bits per heavy atom. The van der Waals surface area contributed by atoms with Gasteiger partial charge in [0.2, 0.25) is 0 Å². The number of hydrogen-bond acceptors (Lipinski definition) is 3. The summed E-state index contributed by atoms with van der Waals surface area (Å²) in [5.74, 6) is 6.32. The molecule has 0 radical (unpaired) electrons. The summed E-state index contributed by atoms with van der Waals surface area (Å²) in [4.78, 5) is 16.1. The lowest BCUT2D eigenvalue weighted by atomic mass is 9.98. The fraction of sp³-hybridized carbons (Fsp3) is 0.0909. The van der Waals surface area contributed by atoms with Gasteiger partial charge in [-0.3, -0.25) is 4.98 Å². The first-order valence-corrected chi connectivity index (χ1v) is 8.35. The van der Waals surface area contributed by atoms with Crippen molar-refractivity contribution in [2.24, 2.45) is 0 Å². The van der Waals surface area contributed by atoms with Gasteiger partial charge in [-0.25, -0.2) is 4.79 Å². The second-order valence-electron chi connectivity index (χ2n) is 5.94. The molecule has 1 amide bonds. The number of carbonyl (C=O) groups excluding carboxylic acids is 1. The lowest BCUT2D eigenvalue weighted by Gasteiger charge is -2.16. The van der Waals surface area contributed by atoms with Crippen LogP contribution in [0.3, 0.4) is 0 Å². The zero-order valence-corrected chi connectivity index (χ0v) is 13.9. The third kappa shape index (κ3) is 3.42. The van der Waals surface area contributed by atoms with Gasteiger partial charge in [0.25, 0.3) is 0 Å². The number of alkyl carbamates (subject to hydrolysis) is 1. The number of amides is 1. The summed E-state index contributed by atoms with van der Waals surface area (Å²) in [6.07, 6.45) is 0.799. The van der Waals surface area contributed by atoms with E-state index in [-0.39, 0.29) is 6.04 Å². The van der Waals surface area contributed by atoms with E-state index in [0.717, 1.165) is 22.4 Å². The standard InChI is InChI=1S/C22H16N2O2/c25-22-24-20(21(26-22)19-11-4-5-14-23-19)18-10-6-9-17(15-18)13-12-16-7-2-1-3-8-16/h1-11,14-15,20-21H,(H,24,25)/t20-,21-/m0/s1. The van der Waals surface area contributed by atoms with E-state index >= 15 is 0 Å². The molecular formula is C22H16N2O2. The molecule has 0 unspecified atom stereocenters. The topological polar surface area (TPSA) is 51.2 Å². The fourth-order valence-electron chi connectivity index (χ4n) is 2.93. The Morgan fingerprint density at radius 2 is 1.65 bits per heavy atom. The largest absolute Gasteiger partial charge is 0.437 e. The molecule has 0 saturated carbocycles. The molecule has 0 bridgehead atoms. The molecule has 1 aliphatic rings. The number of nitrogens with one attached hydrogen (secondary N) is 1. The van der Waals surface area contributed by atoms with Crippen LogP contribution in [0.25, 0.3) is 0 Å². The molecule has 3 aromatic rings. The lowest BCUT2D eigenvalue weighted by molar-refractivity contribution is 0.130. The van der Waals surface area contributed by atoms with Crippen LogP contribution in [0.15, 0.2) is 79.0 Å². The van der Waals surface area contributed by atoms with Crippen molar-refractivity contribution in [2.75, 3.05) is 0 Å². The Labute approximate surface area is 151 Å². The molecule has 0 aliphatic carbocycles. The summed E-state index contributed by atoms with van der Waals surface area (Å²) in [5, 5.41) is 2.87. The Morgan fingerprint density at radius 3 is 2.46 bits per heavy atom. The third-order valence-electron chi connectivity index (χ3n) is 4.16. The smallest absolute Gasteiger partial charge is 0.408 e. The number of hydrogen-bond donors (Lipinski definition) is 1. The zero-order chi connectivity index (χ0) is 17.8. The molecule has 4 rings (SSSR count). The van der Waals surface area contributed by atoms with Crippen molar-refractivity contribution in [3.05, 3.63) is 101 Å². The van der Waals surface area contributed by atoms with E-state index in [1.807, 2.05) is 72.8 Å². The van der Waals surface area contributed by atoms with Crippen molar-refractivity contribution in [3.63, 3.8) is 0 Å². The molecule has 1 saturated heterocycles. The number of cyclic esters (lactones) is 1. The van der Waals surface area contributed by atoms with Crippen molar-refractivity contribution in [1.29, 1.82) is 0 Å². The highest BCUT2D eigenvalue weighted by Gasteiger charge is 2.37. The maximum Gasteiger partial charge on any atom is 0.408 e. The molecule has 2 aromatic carbocycles. The van der Waals surface area contributed by atoms with Gasteiger partial charge in [0.15, 0.2) is 6.10 Å². The third-order valence-corrected chi connectivity index (χ3v) is 4.16. The number of ether oxygens (including phenoxy) is 1. The quantitative estimate of drug-likeness (QED) is 0.717. The van der Waals surface area contributed by atoms with E-state index in [1.54, 1.807) is 6.20 Å². The maximum atomic E-state index is 11.8. The first kappa shape index (κ1) is 15.9. The van der Waals surface area contributed by atoms with Gasteiger partial charge >= 0.3 is 6.09 Å². The lowest BCUT2D eigenvalue weighted by Crippen LogP contribution is -2.19. The van der Waals surface area contributed by atoms with Crippen LogP contribution < -0.4 is 5.32 Å². The highest BCUT2D eigenvalue weighted by molar-refractivity contribution is 5.71. The zero-order valence-electron chi connectivity index (χ0n) is 13.9. The van der Waals surface area contributed by atoms with Gasteiger partial charge in [-0.05, 0) is 42.0 Å². The van der Waals surface area contributed by atoms with Crippen LogP contribution in [0.2, 0.25) is 0 Å². The van der Waals surface area contributed by atoms with Gasteiger partial charge in [-0.15, -0.1) is 0 Å². The number of pyridine rings is 1.